The van der Waals surface area contributed by atoms with Crippen LogP contribution in [0, 0.1) is 0 Å². The molecule has 2 rings (SSSR count). The molecule has 3 nitrogen and oxygen atoms in total. The molecule has 0 aliphatic heterocycles. The van der Waals surface area contributed by atoms with Crippen molar-refractivity contribution in [2.24, 2.45) is 0 Å². The van der Waals surface area contributed by atoms with Gasteiger partial charge in [-0.15, -0.1) is 22.7 Å². The van der Waals surface area contributed by atoms with Crippen LogP contribution in [-0.2, 0) is 19.6 Å². The molecule has 1 N–H and O–H groups in total. The van der Waals surface area contributed by atoms with Crippen LogP contribution in [0.3, 0.4) is 0 Å². The van der Waals surface area contributed by atoms with Crippen molar-refractivity contribution in [1.29, 1.82) is 0 Å². The summed E-state index contributed by atoms with van der Waals surface area (Å²) in [7, 11) is 4.07. The zero-order chi connectivity index (χ0) is 13.0. The van der Waals surface area contributed by atoms with Crippen molar-refractivity contribution in [1.82, 2.24) is 15.2 Å². The van der Waals surface area contributed by atoms with Crippen molar-refractivity contribution in [2.45, 2.75) is 19.6 Å². The number of halogens is 1. The molecule has 18 heavy (non-hydrogen) atoms. The van der Waals surface area contributed by atoms with E-state index in [-0.39, 0.29) is 0 Å². The Balaban J connectivity index is 1.88. The van der Waals surface area contributed by atoms with Gasteiger partial charge in [0.25, 0.3) is 0 Å². The van der Waals surface area contributed by atoms with Gasteiger partial charge in [-0.2, -0.15) is 0 Å². The molecule has 0 amide bonds. The predicted octanol–water partition coefficient (Wildman–Crippen LogP) is 3.32. The molecule has 2 aromatic rings. The van der Waals surface area contributed by atoms with Gasteiger partial charge in [-0.05, 0) is 47.0 Å². The number of thiophene rings is 1. The molecule has 0 radical (unpaired) electrons. The van der Waals surface area contributed by atoms with Gasteiger partial charge in [-0.25, -0.2) is 4.98 Å². The van der Waals surface area contributed by atoms with Gasteiger partial charge in [-0.3, -0.25) is 4.90 Å². The van der Waals surface area contributed by atoms with E-state index >= 15 is 0 Å². The van der Waals surface area contributed by atoms with E-state index in [9.17, 15) is 0 Å². The van der Waals surface area contributed by atoms with Crippen molar-refractivity contribution < 1.29 is 0 Å². The van der Waals surface area contributed by atoms with Gasteiger partial charge >= 0.3 is 0 Å². The Morgan fingerprint density at radius 3 is 2.83 bits per heavy atom. The SMILES string of the molecule is CNCc1nc(CN(C)Cc2csc(Br)c2)cs1. The summed E-state index contributed by atoms with van der Waals surface area (Å²) >= 11 is 6.94. The lowest BCUT2D eigenvalue weighted by atomic mass is 10.3. The zero-order valence-electron chi connectivity index (χ0n) is 10.4. The molecule has 0 aromatic carbocycles. The van der Waals surface area contributed by atoms with E-state index in [1.807, 2.05) is 7.05 Å². The van der Waals surface area contributed by atoms with Gasteiger partial charge in [0.1, 0.15) is 5.01 Å². The second kappa shape index (κ2) is 6.77. The van der Waals surface area contributed by atoms with Gasteiger partial charge in [0.15, 0.2) is 0 Å². The maximum absolute atomic E-state index is 4.59. The van der Waals surface area contributed by atoms with Crippen molar-refractivity contribution in [3.8, 4) is 0 Å². The van der Waals surface area contributed by atoms with Gasteiger partial charge in [0, 0.05) is 25.0 Å². The molecule has 0 saturated carbocycles. The molecule has 0 fully saturated rings. The highest BCUT2D eigenvalue weighted by molar-refractivity contribution is 9.11. The first-order chi connectivity index (χ1) is 8.67. The van der Waals surface area contributed by atoms with E-state index in [4.69, 9.17) is 0 Å². The normalized spacial score (nSPS) is 11.3. The number of hydrogen-bond acceptors (Lipinski definition) is 5. The van der Waals surface area contributed by atoms with Crippen LogP contribution in [0.5, 0.6) is 0 Å². The fourth-order valence-corrected chi connectivity index (χ4v) is 3.72. The third-order valence-electron chi connectivity index (χ3n) is 2.43. The molecule has 0 aliphatic rings. The summed E-state index contributed by atoms with van der Waals surface area (Å²) in [6.07, 6.45) is 0. The van der Waals surface area contributed by atoms with Crippen LogP contribution in [0.4, 0.5) is 0 Å². The summed E-state index contributed by atoms with van der Waals surface area (Å²) in [5.41, 5.74) is 2.50. The second-order valence-corrected chi connectivity index (χ2v) is 7.43. The van der Waals surface area contributed by atoms with Crippen LogP contribution in [0.1, 0.15) is 16.3 Å². The number of rotatable bonds is 6. The maximum atomic E-state index is 4.59. The Labute approximate surface area is 124 Å². The van der Waals surface area contributed by atoms with Crippen molar-refractivity contribution >= 4 is 38.6 Å². The monoisotopic (exact) mass is 345 g/mol. The number of hydrogen-bond donors (Lipinski definition) is 1. The highest BCUT2D eigenvalue weighted by Gasteiger charge is 2.06. The zero-order valence-corrected chi connectivity index (χ0v) is 13.7. The van der Waals surface area contributed by atoms with Crippen LogP contribution in [0.2, 0.25) is 0 Å². The first-order valence-corrected chi connectivity index (χ1v) is 8.22. The van der Waals surface area contributed by atoms with Crippen molar-refractivity contribution in [3.05, 3.63) is 36.9 Å². The Bertz CT molecular complexity index is 495. The van der Waals surface area contributed by atoms with Gasteiger partial charge < -0.3 is 5.32 Å². The quantitative estimate of drug-likeness (QED) is 0.870. The molecule has 2 aromatic heterocycles. The van der Waals surface area contributed by atoms with E-state index in [1.54, 1.807) is 22.7 Å². The third-order valence-corrected chi connectivity index (χ3v) is 4.88. The Hall–Kier alpha value is -0.270. The molecule has 2 heterocycles. The summed E-state index contributed by atoms with van der Waals surface area (Å²) in [6.45, 7) is 2.71. The Morgan fingerprint density at radius 2 is 2.17 bits per heavy atom. The maximum Gasteiger partial charge on any atom is 0.107 e. The van der Waals surface area contributed by atoms with Crippen LogP contribution in [0.15, 0.2) is 20.6 Å². The smallest absolute Gasteiger partial charge is 0.107 e. The fraction of sp³-hybridized carbons (Fsp3) is 0.417. The minimum absolute atomic E-state index is 0.853. The second-order valence-electron chi connectivity index (χ2n) is 4.19. The molecule has 0 spiro atoms. The minimum atomic E-state index is 0.853. The molecule has 6 heteroatoms. The van der Waals surface area contributed by atoms with Crippen LogP contribution in [0.25, 0.3) is 0 Å². The number of aromatic nitrogens is 1. The predicted molar refractivity (Wildman–Crippen MR) is 82.1 cm³/mol. The fourth-order valence-electron chi connectivity index (χ4n) is 1.73. The molecular weight excluding hydrogens is 330 g/mol. The van der Waals surface area contributed by atoms with Crippen molar-refractivity contribution in [2.75, 3.05) is 14.1 Å². The third kappa shape index (κ3) is 4.13. The lowest BCUT2D eigenvalue weighted by molar-refractivity contribution is 0.316. The van der Waals surface area contributed by atoms with E-state index in [0.29, 0.717) is 0 Å². The molecular formula is C12H16BrN3S2. The molecule has 98 valence electrons. The molecule has 0 bridgehead atoms. The standard InChI is InChI=1S/C12H16BrN3S2/c1-14-4-12-15-10(8-18-12)6-16(2)5-9-3-11(13)17-7-9/h3,7-8,14H,4-6H2,1-2H3. The summed E-state index contributed by atoms with van der Waals surface area (Å²) in [4.78, 5) is 6.88. The lowest BCUT2D eigenvalue weighted by Gasteiger charge is -2.13. The average Bonchev–Trinajstić information content (AvgIpc) is 2.89. The number of thiazole rings is 1. The minimum Gasteiger partial charge on any atom is -0.314 e. The summed E-state index contributed by atoms with van der Waals surface area (Å²) in [6, 6.07) is 2.18. The lowest BCUT2D eigenvalue weighted by Crippen LogP contribution is -2.17. The summed E-state index contributed by atoms with van der Waals surface area (Å²) in [5.74, 6) is 0. The highest BCUT2D eigenvalue weighted by Crippen LogP contribution is 2.22. The van der Waals surface area contributed by atoms with Crippen LogP contribution >= 0.6 is 38.6 Å². The topological polar surface area (TPSA) is 28.2 Å². The average molecular weight is 346 g/mol. The Kier molecular flexibility index (Phi) is 5.32. The molecule has 0 saturated heterocycles. The summed E-state index contributed by atoms with van der Waals surface area (Å²) in [5, 5.41) is 8.61. The van der Waals surface area contributed by atoms with Crippen molar-refractivity contribution in [3.63, 3.8) is 0 Å². The summed E-state index contributed by atoms with van der Waals surface area (Å²) < 4.78 is 1.19. The molecule has 0 unspecified atom stereocenters. The van der Waals surface area contributed by atoms with Gasteiger partial charge in [0.05, 0.1) is 9.48 Å². The number of nitrogens with one attached hydrogen (secondary N) is 1. The van der Waals surface area contributed by atoms with E-state index in [0.717, 1.165) is 30.3 Å². The van der Waals surface area contributed by atoms with Crippen LogP contribution in [-0.4, -0.2) is 24.0 Å². The van der Waals surface area contributed by atoms with Gasteiger partial charge in [0.2, 0.25) is 0 Å². The first kappa shape index (κ1) is 14.1. The van der Waals surface area contributed by atoms with E-state index in [1.165, 1.54) is 9.35 Å². The Morgan fingerprint density at radius 1 is 1.33 bits per heavy atom. The van der Waals surface area contributed by atoms with E-state index < -0.39 is 0 Å². The van der Waals surface area contributed by atoms with Crippen LogP contribution < -0.4 is 5.32 Å². The largest absolute Gasteiger partial charge is 0.314 e. The number of nitrogens with zero attached hydrogens (tertiary/aromatic N) is 2. The first-order valence-electron chi connectivity index (χ1n) is 5.66. The van der Waals surface area contributed by atoms with E-state index in [2.05, 4.69) is 55.0 Å². The highest BCUT2D eigenvalue weighted by atomic mass is 79.9. The molecule has 0 aliphatic carbocycles. The molecule has 0 atom stereocenters. The van der Waals surface area contributed by atoms with Gasteiger partial charge in [-0.1, -0.05) is 0 Å².